The minimum Gasteiger partial charge on any atom is -0.304 e. The number of aromatic nitrogens is 1. The summed E-state index contributed by atoms with van der Waals surface area (Å²) >= 11 is 7.93. The number of benzene rings is 2. The molecule has 0 saturated heterocycles. The summed E-state index contributed by atoms with van der Waals surface area (Å²) in [5.41, 5.74) is 4.61. The van der Waals surface area contributed by atoms with Gasteiger partial charge in [-0.3, -0.25) is 0 Å². The minimum absolute atomic E-state index is 0.188. The maximum atomic E-state index is 6.24. The van der Waals surface area contributed by atoms with Crippen LogP contribution in [0.4, 0.5) is 0 Å². The van der Waals surface area contributed by atoms with Crippen LogP contribution in [-0.2, 0) is 6.54 Å². The van der Waals surface area contributed by atoms with Crippen molar-refractivity contribution in [3.8, 4) is 10.6 Å². The van der Waals surface area contributed by atoms with E-state index in [1.165, 1.54) is 11.1 Å². The normalized spacial score (nSPS) is 12.3. The number of thiazole rings is 1. The Balaban J connectivity index is 1.65. The Morgan fingerprint density at radius 1 is 1.13 bits per heavy atom. The molecule has 1 heterocycles. The lowest BCUT2D eigenvalue weighted by atomic mass is 10.1. The molecular weight excluding hydrogens is 324 g/mol. The molecule has 2 aromatic carbocycles. The molecule has 0 radical (unpaired) electrons. The van der Waals surface area contributed by atoms with E-state index in [-0.39, 0.29) is 6.04 Å². The maximum absolute atomic E-state index is 6.24. The largest absolute Gasteiger partial charge is 0.304 e. The van der Waals surface area contributed by atoms with Gasteiger partial charge in [0.05, 0.1) is 5.69 Å². The highest BCUT2D eigenvalue weighted by Gasteiger charge is 2.10. The second-order valence-electron chi connectivity index (χ2n) is 5.63. The average Bonchev–Trinajstić information content (AvgIpc) is 3.03. The molecule has 0 spiro atoms. The highest BCUT2D eigenvalue weighted by Crippen LogP contribution is 2.25. The Hall–Kier alpha value is -1.68. The Bertz CT molecular complexity index is 780. The van der Waals surface area contributed by atoms with Crippen LogP contribution in [0.1, 0.15) is 29.8 Å². The van der Waals surface area contributed by atoms with Gasteiger partial charge >= 0.3 is 0 Å². The molecule has 0 aliphatic rings. The molecule has 3 rings (SSSR count). The summed E-state index contributed by atoms with van der Waals surface area (Å²) in [6.45, 7) is 4.94. The molecule has 0 aliphatic heterocycles. The molecule has 2 nitrogen and oxygen atoms in total. The number of hydrogen-bond donors (Lipinski definition) is 1. The standard InChI is InChI=1S/C19H19ClN2S/c1-13-7-9-15(10-8-13)19-22-16(12-23-19)11-21-14(2)17-5-3-4-6-18(17)20/h3-10,12,14,21H,11H2,1-2H3/t14-/m0/s1. The topological polar surface area (TPSA) is 24.9 Å². The Morgan fingerprint density at radius 3 is 2.61 bits per heavy atom. The molecule has 118 valence electrons. The lowest BCUT2D eigenvalue weighted by Gasteiger charge is -2.14. The lowest BCUT2D eigenvalue weighted by molar-refractivity contribution is 0.569. The van der Waals surface area contributed by atoms with E-state index < -0.39 is 0 Å². The van der Waals surface area contributed by atoms with Gasteiger partial charge in [0.2, 0.25) is 0 Å². The van der Waals surface area contributed by atoms with Gasteiger partial charge in [-0.15, -0.1) is 11.3 Å². The number of nitrogens with one attached hydrogen (secondary N) is 1. The first-order valence-corrected chi connectivity index (χ1v) is 8.88. The third-order valence-electron chi connectivity index (χ3n) is 3.81. The number of hydrogen-bond acceptors (Lipinski definition) is 3. The summed E-state index contributed by atoms with van der Waals surface area (Å²) in [6, 6.07) is 16.6. The highest BCUT2D eigenvalue weighted by atomic mass is 35.5. The van der Waals surface area contributed by atoms with E-state index >= 15 is 0 Å². The van der Waals surface area contributed by atoms with Gasteiger partial charge < -0.3 is 5.32 Å². The molecule has 0 aliphatic carbocycles. The van der Waals surface area contributed by atoms with Crippen molar-refractivity contribution in [1.29, 1.82) is 0 Å². The van der Waals surface area contributed by atoms with E-state index in [0.717, 1.165) is 27.8 Å². The number of nitrogens with zero attached hydrogens (tertiary/aromatic N) is 1. The second-order valence-corrected chi connectivity index (χ2v) is 6.90. The molecule has 0 amide bonds. The fraction of sp³-hybridized carbons (Fsp3) is 0.211. The smallest absolute Gasteiger partial charge is 0.123 e. The summed E-state index contributed by atoms with van der Waals surface area (Å²) in [4.78, 5) is 4.72. The van der Waals surface area contributed by atoms with Crippen LogP contribution in [0.2, 0.25) is 5.02 Å². The molecule has 23 heavy (non-hydrogen) atoms. The predicted molar refractivity (Wildman–Crippen MR) is 99.0 cm³/mol. The van der Waals surface area contributed by atoms with Crippen molar-refractivity contribution in [3.05, 3.63) is 75.8 Å². The van der Waals surface area contributed by atoms with E-state index in [0.29, 0.717) is 0 Å². The molecule has 1 N–H and O–H groups in total. The zero-order valence-corrected chi connectivity index (χ0v) is 14.8. The molecule has 1 atom stereocenters. The van der Waals surface area contributed by atoms with Gasteiger partial charge in [-0.05, 0) is 25.5 Å². The summed E-state index contributed by atoms with van der Waals surface area (Å²) in [5, 5.41) is 7.46. The summed E-state index contributed by atoms with van der Waals surface area (Å²) in [5.74, 6) is 0. The van der Waals surface area contributed by atoms with Crippen LogP contribution >= 0.6 is 22.9 Å². The van der Waals surface area contributed by atoms with Crippen molar-refractivity contribution in [2.75, 3.05) is 0 Å². The monoisotopic (exact) mass is 342 g/mol. The molecule has 0 saturated carbocycles. The third-order valence-corrected chi connectivity index (χ3v) is 5.10. The summed E-state index contributed by atoms with van der Waals surface area (Å²) in [7, 11) is 0. The van der Waals surface area contributed by atoms with E-state index in [1.54, 1.807) is 11.3 Å². The molecule has 0 unspecified atom stereocenters. The first kappa shape index (κ1) is 16.2. The fourth-order valence-electron chi connectivity index (χ4n) is 2.41. The minimum atomic E-state index is 0.188. The van der Waals surface area contributed by atoms with E-state index in [9.17, 15) is 0 Å². The van der Waals surface area contributed by atoms with Crippen LogP contribution in [-0.4, -0.2) is 4.98 Å². The Kier molecular flexibility index (Phi) is 5.11. The van der Waals surface area contributed by atoms with Crippen molar-refractivity contribution >= 4 is 22.9 Å². The average molecular weight is 343 g/mol. The van der Waals surface area contributed by atoms with Crippen LogP contribution in [0, 0.1) is 6.92 Å². The zero-order chi connectivity index (χ0) is 16.2. The predicted octanol–water partition coefficient (Wildman–Crippen LogP) is 5.62. The van der Waals surface area contributed by atoms with Gasteiger partial charge in [0.15, 0.2) is 0 Å². The molecule has 0 bridgehead atoms. The fourth-order valence-corrected chi connectivity index (χ4v) is 3.54. The molecule has 3 aromatic rings. The number of aryl methyl sites for hydroxylation is 1. The highest BCUT2D eigenvalue weighted by molar-refractivity contribution is 7.13. The van der Waals surface area contributed by atoms with E-state index in [2.05, 4.69) is 54.9 Å². The van der Waals surface area contributed by atoms with Gasteiger partial charge in [0, 0.05) is 28.6 Å². The lowest BCUT2D eigenvalue weighted by Crippen LogP contribution is -2.18. The maximum Gasteiger partial charge on any atom is 0.123 e. The van der Waals surface area contributed by atoms with Crippen molar-refractivity contribution in [2.24, 2.45) is 0 Å². The van der Waals surface area contributed by atoms with E-state index in [1.807, 2.05) is 18.2 Å². The van der Waals surface area contributed by atoms with Crippen LogP contribution in [0.5, 0.6) is 0 Å². The Labute approximate surface area is 146 Å². The van der Waals surface area contributed by atoms with E-state index in [4.69, 9.17) is 16.6 Å². The molecular formula is C19H19ClN2S. The zero-order valence-electron chi connectivity index (χ0n) is 13.2. The van der Waals surface area contributed by atoms with Crippen LogP contribution in [0.15, 0.2) is 53.9 Å². The molecule has 1 aromatic heterocycles. The first-order chi connectivity index (χ1) is 11.1. The van der Waals surface area contributed by atoms with Gasteiger partial charge in [0.1, 0.15) is 5.01 Å². The van der Waals surface area contributed by atoms with Crippen LogP contribution in [0.3, 0.4) is 0 Å². The number of rotatable bonds is 5. The molecule has 0 fully saturated rings. The van der Waals surface area contributed by atoms with Crippen molar-refractivity contribution in [1.82, 2.24) is 10.3 Å². The second kappa shape index (κ2) is 7.26. The van der Waals surface area contributed by atoms with Gasteiger partial charge in [-0.2, -0.15) is 0 Å². The summed E-state index contributed by atoms with van der Waals surface area (Å²) in [6.07, 6.45) is 0. The van der Waals surface area contributed by atoms with Gasteiger partial charge in [-0.25, -0.2) is 4.98 Å². The van der Waals surface area contributed by atoms with Crippen LogP contribution < -0.4 is 5.32 Å². The van der Waals surface area contributed by atoms with Crippen molar-refractivity contribution in [3.63, 3.8) is 0 Å². The molecule has 4 heteroatoms. The van der Waals surface area contributed by atoms with Crippen LogP contribution in [0.25, 0.3) is 10.6 Å². The van der Waals surface area contributed by atoms with Gasteiger partial charge in [-0.1, -0.05) is 59.6 Å². The van der Waals surface area contributed by atoms with Crippen molar-refractivity contribution in [2.45, 2.75) is 26.4 Å². The summed E-state index contributed by atoms with van der Waals surface area (Å²) < 4.78 is 0. The SMILES string of the molecule is Cc1ccc(-c2nc(CN[C@@H](C)c3ccccc3Cl)cs2)cc1. The Morgan fingerprint density at radius 2 is 1.87 bits per heavy atom. The number of halogens is 1. The van der Waals surface area contributed by atoms with Gasteiger partial charge in [0.25, 0.3) is 0 Å². The van der Waals surface area contributed by atoms with Crippen molar-refractivity contribution < 1.29 is 0 Å². The third kappa shape index (κ3) is 3.99. The first-order valence-electron chi connectivity index (χ1n) is 7.63. The quantitative estimate of drug-likeness (QED) is 0.650.